The maximum atomic E-state index is 11.8. The summed E-state index contributed by atoms with van der Waals surface area (Å²) >= 11 is 0. The minimum absolute atomic E-state index is 0.00156. The van der Waals surface area contributed by atoms with Gasteiger partial charge in [0.1, 0.15) is 6.61 Å². The Kier molecular flexibility index (Phi) is 4.57. The molecule has 1 aliphatic rings. The second-order valence-corrected chi connectivity index (χ2v) is 4.54. The molecule has 2 amide bonds. The highest BCUT2D eigenvalue weighted by atomic mass is 16.5. The molecule has 0 radical (unpaired) electrons. The summed E-state index contributed by atoms with van der Waals surface area (Å²) in [6.45, 7) is 1.40. The summed E-state index contributed by atoms with van der Waals surface area (Å²) in [6, 6.07) is 3.40. The van der Waals surface area contributed by atoms with E-state index in [9.17, 15) is 9.59 Å². The minimum atomic E-state index is -0.202. The van der Waals surface area contributed by atoms with Crippen molar-refractivity contribution in [3.63, 3.8) is 0 Å². The highest BCUT2D eigenvalue weighted by Gasteiger charge is 2.24. The maximum absolute atomic E-state index is 11.8. The van der Waals surface area contributed by atoms with Crippen molar-refractivity contribution in [1.82, 2.24) is 10.2 Å². The minimum Gasteiger partial charge on any atom is -0.459 e. The molecule has 6 nitrogen and oxygen atoms in total. The van der Waals surface area contributed by atoms with Gasteiger partial charge in [-0.1, -0.05) is 0 Å². The molecule has 1 aromatic rings. The normalized spacial score (nSPS) is 16.4. The molecular weight excluding hydrogens is 248 g/mol. The summed E-state index contributed by atoms with van der Waals surface area (Å²) in [5.41, 5.74) is 0. The zero-order chi connectivity index (χ0) is 13.7. The first-order valence-electron chi connectivity index (χ1n) is 6.32. The topological polar surface area (TPSA) is 71.8 Å². The molecule has 0 unspecified atom stereocenters. The summed E-state index contributed by atoms with van der Waals surface area (Å²) in [5.74, 6) is 0.114. The van der Waals surface area contributed by atoms with Crippen molar-refractivity contribution in [1.29, 1.82) is 0 Å². The number of likely N-dealkylation sites (tertiary alicyclic amines) is 1. The van der Waals surface area contributed by atoms with Crippen molar-refractivity contribution >= 4 is 11.8 Å². The van der Waals surface area contributed by atoms with Gasteiger partial charge in [0, 0.05) is 26.2 Å². The lowest BCUT2D eigenvalue weighted by atomic mass is 10.0. The number of carbonyl (C=O) groups excluding carboxylic acids is 2. The van der Waals surface area contributed by atoms with Gasteiger partial charge in [-0.15, -0.1) is 0 Å². The van der Waals surface area contributed by atoms with E-state index < -0.39 is 0 Å². The molecule has 0 bridgehead atoms. The van der Waals surface area contributed by atoms with Gasteiger partial charge in [0.25, 0.3) is 5.91 Å². The third-order valence-corrected chi connectivity index (χ3v) is 3.20. The van der Waals surface area contributed by atoms with Crippen molar-refractivity contribution in [3.05, 3.63) is 24.2 Å². The molecule has 0 spiro atoms. The third kappa shape index (κ3) is 3.57. The number of nitrogens with one attached hydrogen (secondary N) is 1. The molecule has 1 fully saturated rings. The lowest BCUT2D eigenvalue weighted by molar-refractivity contribution is -0.136. The second-order valence-electron chi connectivity index (χ2n) is 4.54. The predicted octanol–water partition coefficient (Wildman–Crippen LogP) is 0.647. The van der Waals surface area contributed by atoms with Crippen LogP contribution in [0.5, 0.6) is 0 Å². The van der Waals surface area contributed by atoms with Gasteiger partial charge in [-0.25, -0.2) is 0 Å². The van der Waals surface area contributed by atoms with Gasteiger partial charge in [0.05, 0.1) is 6.26 Å². The Morgan fingerprint density at radius 3 is 2.79 bits per heavy atom. The number of hydrogen-bond donors (Lipinski definition) is 1. The number of furan rings is 1. The Morgan fingerprint density at radius 2 is 2.21 bits per heavy atom. The van der Waals surface area contributed by atoms with Crippen molar-refractivity contribution in [2.24, 2.45) is 0 Å². The molecule has 1 aromatic heterocycles. The molecule has 2 rings (SSSR count). The summed E-state index contributed by atoms with van der Waals surface area (Å²) in [5, 5.41) is 2.91. The van der Waals surface area contributed by atoms with Crippen molar-refractivity contribution < 1.29 is 18.7 Å². The van der Waals surface area contributed by atoms with E-state index in [0.717, 1.165) is 12.8 Å². The second kappa shape index (κ2) is 6.38. The summed E-state index contributed by atoms with van der Waals surface area (Å²) in [6.07, 6.45) is 2.98. The van der Waals surface area contributed by atoms with Crippen LogP contribution in [0.2, 0.25) is 0 Å². The van der Waals surface area contributed by atoms with Crippen molar-refractivity contribution in [2.75, 3.05) is 26.8 Å². The fourth-order valence-electron chi connectivity index (χ4n) is 2.15. The van der Waals surface area contributed by atoms with Gasteiger partial charge < -0.3 is 19.4 Å². The third-order valence-electron chi connectivity index (χ3n) is 3.20. The van der Waals surface area contributed by atoms with Crippen LogP contribution in [0.15, 0.2) is 22.8 Å². The molecule has 104 valence electrons. The fourth-order valence-corrected chi connectivity index (χ4v) is 2.15. The van der Waals surface area contributed by atoms with Crippen LogP contribution in [0.4, 0.5) is 0 Å². The zero-order valence-corrected chi connectivity index (χ0v) is 10.9. The van der Waals surface area contributed by atoms with E-state index in [1.807, 2.05) is 0 Å². The van der Waals surface area contributed by atoms with E-state index in [0.29, 0.717) is 18.8 Å². The number of nitrogens with zero attached hydrogens (tertiary/aromatic N) is 1. The molecule has 6 heteroatoms. The van der Waals surface area contributed by atoms with Crippen LogP contribution >= 0.6 is 0 Å². The van der Waals surface area contributed by atoms with Gasteiger partial charge in [-0.2, -0.15) is 0 Å². The number of methoxy groups -OCH3 is 1. The largest absolute Gasteiger partial charge is 0.459 e. The Balaban J connectivity index is 1.77. The van der Waals surface area contributed by atoms with Crippen LogP contribution in [0.3, 0.4) is 0 Å². The number of piperidine rings is 1. The summed E-state index contributed by atoms with van der Waals surface area (Å²) in [4.78, 5) is 25.2. The molecular formula is C13H18N2O4. The highest BCUT2D eigenvalue weighted by molar-refractivity contribution is 5.91. The van der Waals surface area contributed by atoms with E-state index in [1.165, 1.54) is 13.4 Å². The van der Waals surface area contributed by atoms with Crippen LogP contribution in [-0.2, 0) is 9.53 Å². The van der Waals surface area contributed by atoms with Gasteiger partial charge in [-0.05, 0) is 25.0 Å². The van der Waals surface area contributed by atoms with E-state index >= 15 is 0 Å². The van der Waals surface area contributed by atoms with Gasteiger partial charge in [0.2, 0.25) is 5.91 Å². The first kappa shape index (κ1) is 13.6. The SMILES string of the molecule is COCC(=O)N1CCC(NC(=O)c2ccco2)CC1. The van der Waals surface area contributed by atoms with Crippen molar-refractivity contribution in [3.8, 4) is 0 Å². The average molecular weight is 266 g/mol. The van der Waals surface area contributed by atoms with Gasteiger partial charge >= 0.3 is 0 Å². The lowest BCUT2D eigenvalue weighted by Gasteiger charge is -2.32. The van der Waals surface area contributed by atoms with E-state index in [1.54, 1.807) is 17.0 Å². The number of ether oxygens (including phenoxy) is 1. The molecule has 19 heavy (non-hydrogen) atoms. The number of hydrogen-bond acceptors (Lipinski definition) is 4. The Morgan fingerprint density at radius 1 is 1.47 bits per heavy atom. The first-order valence-corrected chi connectivity index (χ1v) is 6.32. The molecule has 0 saturated carbocycles. The van der Waals surface area contributed by atoms with E-state index in [4.69, 9.17) is 9.15 Å². The predicted molar refractivity (Wildman–Crippen MR) is 67.7 cm³/mol. The van der Waals surface area contributed by atoms with E-state index in [2.05, 4.69) is 5.32 Å². The monoisotopic (exact) mass is 266 g/mol. The number of rotatable bonds is 4. The van der Waals surface area contributed by atoms with Crippen LogP contribution in [0.1, 0.15) is 23.4 Å². The fraction of sp³-hybridized carbons (Fsp3) is 0.538. The standard InChI is InChI=1S/C13H18N2O4/c1-18-9-12(16)15-6-4-10(5-7-15)14-13(17)11-3-2-8-19-11/h2-3,8,10H,4-7,9H2,1H3,(H,14,17). The summed E-state index contributed by atoms with van der Waals surface area (Å²) in [7, 11) is 1.51. The molecule has 0 aromatic carbocycles. The molecule has 1 saturated heterocycles. The molecule has 0 atom stereocenters. The molecule has 2 heterocycles. The highest BCUT2D eigenvalue weighted by Crippen LogP contribution is 2.11. The Bertz CT molecular complexity index is 422. The smallest absolute Gasteiger partial charge is 0.287 e. The van der Waals surface area contributed by atoms with Gasteiger partial charge in [-0.3, -0.25) is 9.59 Å². The van der Waals surface area contributed by atoms with Crippen LogP contribution in [0.25, 0.3) is 0 Å². The first-order chi connectivity index (χ1) is 9.20. The quantitative estimate of drug-likeness (QED) is 0.868. The maximum Gasteiger partial charge on any atom is 0.287 e. The lowest BCUT2D eigenvalue weighted by Crippen LogP contribution is -2.47. The van der Waals surface area contributed by atoms with Gasteiger partial charge in [0.15, 0.2) is 5.76 Å². The average Bonchev–Trinajstić information content (AvgIpc) is 2.94. The number of amides is 2. The number of carbonyl (C=O) groups is 2. The van der Waals surface area contributed by atoms with Crippen LogP contribution in [0, 0.1) is 0 Å². The molecule has 0 aliphatic carbocycles. The van der Waals surface area contributed by atoms with Crippen molar-refractivity contribution in [2.45, 2.75) is 18.9 Å². The Hall–Kier alpha value is -1.82. The Labute approximate surface area is 111 Å². The molecule has 1 N–H and O–H groups in total. The van der Waals surface area contributed by atoms with E-state index in [-0.39, 0.29) is 24.5 Å². The zero-order valence-electron chi connectivity index (χ0n) is 10.9. The molecule has 1 aliphatic heterocycles. The van der Waals surface area contributed by atoms with Crippen LogP contribution < -0.4 is 5.32 Å². The van der Waals surface area contributed by atoms with Crippen LogP contribution in [-0.4, -0.2) is 49.6 Å². The summed E-state index contributed by atoms with van der Waals surface area (Å²) < 4.78 is 9.86.